The van der Waals surface area contributed by atoms with Crippen molar-refractivity contribution in [2.24, 2.45) is 0 Å². The van der Waals surface area contributed by atoms with Gasteiger partial charge in [-0.15, -0.1) is 0 Å². The molecule has 0 aliphatic heterocycles. The van der Waals surface area contributed by atoms with Gasteiger partial charge in [0.1, 0.15) is 5.69 Å². The van der Waals surface area contributed by atoms with Crippen molar-refractivity contribution >= 4 is 16.7 Å². The maximum absolute atomic E-state index is 5.56. The first-order valence-corrected chi connectivity index (χ1v) is 5.46. The van der Waals surface area contributed by atoms with Crippen molar-refractivity contribution in [1.82, 2.24) is 5.16 Å². The van der Waals surface area contributed by atoms with Crippen molar-refractivity contribution in [3.05, 3.63) is 48.0 Å². The van der Waals surface area contributed by atoms with Gasteiger partial charge in [-0.2, -0.15) is 0 Å². The molecule has 0 fully saturated rings. The zero-order valence-electron chi connectivity index (χ0n) is 9.47. The van der Waals surface area contributed by atoms with Crippen LogP contribution in [0.4, 0.5) is 5.88 Å². The van der Waals surface area contributed by atoms with E-state index in [1.807, 2.05) is 12.1 Å². The van der Waals surface area contributed by atoms with Gasteiger partial charge in [-0.25, -0.2) is 0 Å². The van der Waals surface area contributed by atoms with Crippen LogP contribution in [0.1, 0.15) is 5.56 Å². The Labute approximate surface area is 98.8 Å². The van der Waals surface area contributed by atoms with Crippen LogP contribution in [0.3, 0.4) is 0 Å². The number of rotatable bonds is 1. The van der Waals surface area contributed by atoms with Crippen molar-refractivity contribution in [3.63, 3.8) is 0 Å². The lowest BCUT2D eigenvalue weighted by Gasteiger charge is -2.06. The molecular weight excluding hydrogens is 212 g/mol. The SMILES string of the molecule is Cc1ccc(-c2cc(N)on2)c2ccccc12. The minimum Gasteiger partial charge on any atom is -0.368 e. The standard InChI is InChI=1S/C14H12N2O/c1-9-6-7-12(13-8-14(15)17-16-13)11-5-3-2-4-10(9)11/h2-8H,15H2,1H3. The van der Waals surface area contributed by atoms with Gasteiger partial charge in [0, 0.05) is 11.6 Å². The summed E-state index contributed by atoms with van der Waals surface area (Å²) in [7, 11) is 0. The molecule has 3 nitrogen and oxygen atoms in total. The summed E-state index contributed by atoms with van der Waals surface area (Å²) in [5, 5.41) is 6.36. The van der Waals surface area contributed by atoms with Crippen molar-refractivity contribution in [2.75, 3.05) is 5.73 Å². The summed E-state index contributed by atoms with van der Waals surface area (Å²) in [5.74, 6) is 0.338. The Morgan fingerprint density at radius 1 is 1.06 bits per heavy atom. The molecule has 3 aromatic rings. The zero-order chi connectivity index (χ0) is 11.8. The normalized spacial score (nSPS) is 10.9. The molecule has 0 bridgehead atoms. The first-order valence-electron chi connectivity index (χ1n) is 5.46. The number of aromatic nitrogens is 1. The summed E-state index contributed by atoms with van der Waals surface area (Å²) < 4.78 is 4.93. The van der Waals surface area contributed by atoms with Crippen LogP contribution in [0.25, 0.3) is 22.0 Å². The topological polar surface area (TPSA) is 52.0 Å². The number of nitrogens with zero attached hydrogens (tertiary/aromatic N) is 1. The van der Waals surface area contributed by atoms with E-state index in [2.05, 4.69) is 36.3 Å². The van der Waals surface area contributed by atoms with E-state index in [1.54, 1.807) is 6.07 Å². The molecule has 84 valence electrons. The summed E-state index contributed by atoms with van der Waals surface area (Å²) in [4.78, 5) is 0. The maximum atomic E-state index is 5.56. The van der Waals surface area contributed by atoms with Crippen LogP contribution in [0.5, 0.6) is 0 Å². The van der Waals surface area contributed by atoms with E-state index in [0.717, 1.165) is 11.3 Å². The molecule has 0 amide bonds. The lowest BCUT2D eigenvalue weighted by atomic mass is 9.98. The second-order valence-corrected chi connectivity index (χ2v) is 4.09. The van der Waals surface area contributed by atoms with Crippen LogP contribution in [0.2, 0.25) is 0 Å². The minimum absolute atomic E-state index is 0.338. The van der Waals surface area contributed by atoms with Crippen molar-refractivity contribution in [3.8, 4) is 11.3 Å². The first-order chi connectivity index (χ1) is 8.25. The van der Waals surface area contributed by atoms with Gasteiger partial charge in [-0.1, -0.05) is 41.6 Å². The molecule has 2 aromatic carbocycles. The van der Waals surface area contributed by atoms with Crippen LogP contribution < -0.4 is 5.73 Å². The molecule has 3 rings (SSSR count). The first kappa shape index (κ1) is 9.90. The van der Waals surface area contributed by atoms with E-state index in [4.69, 9.17) is 10.3 Å². The summed E-state index contributed by atoms with van der Waals surface area (Å²) >= 11 is 0. The minimum atomic E-state index is 0.338. The summed E-state index contributed by atoms with van der Waals surface area (Å²) in [6.07, 6.45) is 0. The monoisotopic (exact) mass is 224 g/mol. The Morgan fingerprint density at radius 2 is 1.82 bits per heavy atom. The highest BCUT2D eigenvalue weighted by Crippen LogP contribution is 2.30. The largest absolute Gasteiger partial charge is 0.368 e. The third-order valence-corrected chi connectivity index (χ3v) is 2.95. The molecule has 1 heterocycles. The number of anilines is 1. The fraction of sp³-hybridized carbons (Fsp3) is 0.0714. The second-order valence-electron chi connectivity index (χ2n) is 4.09. The Kier molecular flexibility index (Phi) is 2.11. The molecule has 0 saturated heterocycles. The zero-order valence-corrected chi connectivity index (χ0v) is 9.47. The number of hydrogen-bond acceptors (Lipinski definition) is 3. The van der Waals surface area contributed by atoms with Crippen molar-refractivity contribution in [1.29, 1.82) is 0 Å². The molecule has 2 N–H and O–H groups in total. The van der Waals surface area contributed by atoms with Gasteiger partial charge in [-0.3, -0.25) is 0 Å². The fourth-order valence-corrected chi connectivity index (χ4v) is 2.09. The maximum Gasteiger partial charge on any atom is 0.222 e. The van der Waals surface area contributed by atoms with Crippen molar-refractivity contribution < 1.29 is 4.52 Å². The predicted octanol–water partition coefficient (Wildman–Crippen LogP) is 3.39. The molecule has 0 unspecified atom stereocenters. The van der Waals surface area contributed by atoms with Gasteiger partial charge in [0.05, 0.1) is 0 Å². The predicted molar refractivity (Wildman–Crippen MR) is 68.6 cm³/mol. The molecule has 0 aliphatic rings. The lowest BCUT2D eigenvalue weighted by Crippen LogP contribution is -1.84. The van der Waals surface area contributed by atoms with Crippen LogP contribution in [0, 0.1) is 6.92 Å². The highest BCUT2D eigenvalue weighted by Gasteiger charge is 2.09. The highest BCUT2D eigenvalue weighted by atomic mass is 16.5. The number of benzene rings is 2. The number of aryl methyl sites for hydroxylation is 1. The van der Waals surface area contributed by atoms with E-state index in [-0.39, 0.29) is 0 Å². The molecule has 0 aliphatic carbocycles. The molecule has 0 saturated carbocycles. The van der Waals surface area contributed by atoms with Gasteiger partial charge in [0.25, 0.3) is 0 Å². The van der Waals surface area contributed by atoms with Crippen LogP contribution in [-0.4, -0.2) is 5.16 Å². The molecular formula is C14H12N2O. The fourth-order valence-electron chi connectivity index (χ4n) is 2.09. The summed E-state index contributed by atoms with van der Waals surface area (Å²) in [6, 6.07) is 14.1. The molecule has 1 aromatic heterocycles. The van der Waals surface area contributed by atoms with Gasteiger partial charge in [0.2, 0.25) is 5.88 Å². The van der Waals surface area contributed by atoms with E-state index in [0.29, 0.717) is 5.88 Å². The number of fused-ring (bicyclic) bond motifs is 1. The van der Waals surface area contributed by atoms with Crippen LogP contribution >= 0.6 is 0 Å². The van der Waals surface area contributed by atoms with Crippen molar-refractivity contribution in [2.45, 2.75) is 6.92 Å². The Balaban J connectivity index is 2.34. The molecule has 0 spiro atoms. The average molecular weight is 224 g/mol. The van der Waals surface area contributed by atoms with Gasteiger partial charge in [-0.05, 0) is 23.3 Å². The third-order valence-electron chi connectivity index (χ3n) is 2.95. The summed E-state index contributed by atoms with van der Waals surface area (Å²) in [6.45, 7) is 2.10. The third kappa shape index (κ3) is 1.56. The Hall–Kier alpha value is -2.29. The van der Waals surface area contributed by atoms with E-state index in [1.165, 1.54) is 16.3 Å². The van der Waals surface area contributed by atoms with Gasteiger partial charge >= 0.3 is 0 Å². The smallest absolute Gasteiger partial charge is 0.222 e. The number of hydrogen-bond donors (Lipinski definition) is 1. The Bertz CT molecular complexity index is 686. The van der Waals surface area contributed by atoms with E-state index < -0.39 is 0 Å². The lowest BCUT2D eigenvalue weighted by molar-refractivity contribution is 0.439. The van der Waals surface area contributed by atoms with Crippen LogP contribution in [-0.2, 0) is 0 Å². The van der Waals surface area contributed by atoms with E-state index in [9.17, 15) is 0 Å². The second kappa shape index (κ2) is 3.63. The van der Waals surface area contributed by atoms with Gasteiger partial charge in [0.15, 0.2) is 0 Å². The Morgan fingerprint density at radius 3 is 2.53 bits per heavy atom. The average Bonchev–Trinajstić information content (AvgIpc) is 2.77. The molecule has 0 radical (unpaired) electrons. The summed E-state index contributed by atoms with van der Waals surface area (Å²) in [5.41, 5.74) is 8.64. The van der Waals surface area contributed by atoms with Crippen LogP contribution in [0.15, 0.2) is 47.0 Å². The number of nitrogen functional groups attached to an aromatic ring is 1. The molecule has 0 atom stereocenters. The molecule has 17 heavy (non-hydrogen) atoms. The molecule has 3 heteroatoms. The number of nitrogens with two attached hydrogens (primary N) is 1. The highest BCUT2D eigenvalue weighted by molar-refractivity contribution is 5.97. The quantitative estimate of drug-likeness (QED) is 0.689. The van der Waals surface area contributed by atoms with Gasteiger partial charge < -0.3 is 10.3 Å². The van der Waals surface area contributed by atoms with E-state index >= 15 is 0 Å².